The zero-order valence-electron chi connectivity index (χ0n) is 17.1. The van der Waals surface area contributed by atoms with E-state index in [1.807, 2.05) is 48.5 Å². The van der Waals surface area contributed by atoms with Crippen LogP contribution < -0.4 is 10.1 Å². The summed E-state index contributed by atoms with van der Waals surface area (Å²) >= 11 is 0. The fourth-order valence-electron chi connectivity index (χ4n) is 3.03. The first-order valence-corrected chi connectivity index (χ1v) is 9.58. The lowest BCUT2D eigenvalue weighted by Crippen LogP contribution is -2.36. The van der Waals surface area contributed by atoms with Crippen LogP contribution in [0.15, 0.2) is 71.3 Å². The zero-order chi connectivity index (χ0) is 21.3. The van der Waals surface area contributed by atoms with E-state index in [9.17, 15) is 9.90 Å². The molecule has 2 amide bonds. The van der Waals surface area contributed by atoms with E-state index in [1.54, 1.807) is 32.6 Å². The molecule has 0 aliphatic rings. The van der Waals surface area contributed by atoms with Crippen molar-refractivity contribution in [2.45, 2.75) is 19.3 Å². The van der Waals surface area contributed by atoms with Crippen molar-refractivity contribution < 1.29 is 23.8 Å². The molecule has 158 valence electrons. The van der Waals surface area contributed by atoms with Crippen LogP contribution in [0.5, 0.6) is 5.75 Å². The summed E-state index contributed by atoms with van der Waals surface area (Å²) in [7, 11) is 3.24. The molecule has 1 aromatic heterocycles. The number of nitrogens with one attached hydrogen (secondary N) is 1. The normalized spacial score (nSPS) is 11.7. The Kier molecular flexibility index (Phi) is 7.48. The molecule has 0 radical (unpaired) electrons. The van der Waals surface area contributed by atoms with Gasteiger partial charge in [0.1, 0.15) is 18.1 Å². The third-order valence-electron chi connectivity index (χ3n) is 4.73. The van der Waals surface area contributed by atoms with Crippen LogP contribution in [0.4, 0.5) is 10.5 Å². The molecule has 2 aromatic carbocycles. The molecule has 0 aliphatic heterocycles. The largest absolute Gasteiger partial charge is 0.497 e. The van der Waals surface area contributed by atoms with Gasteiger partial charge in [0.15, 0.2) is 0 Å². The lowest BCUT2D eigenvalue weighted by molar-refractivity contribution is 0.0930. The molecule has 3 rings (SSSR count). The van der Waals surface area contributed by atoms with Gasteiger partial charge in [-0.1, -0.05) is 24.3 Å². The summed E-state index contributed by atoms with van der Waals surface area (Å²) in [5.74, 6) is 1.48. The van der Waals surface area contributed by atoms with Gasteiger partial charge >= 0.3 is 6.03 Å². The molecule has 1 atom stereocenters. The second-order valence-electron chi connectivity index (χ2n) is 6.79. The Morgan fingerprint density at radius 3 is 2.60 bits per heavy atom. The zero-order valence-corrected chi connectivity index (χ0v) is 17.1. The highest BCUT2D eigenvalue weighted by molar-refractivity contribution is 5.89. The van der Waals surface area contributed by atoms with E-state index in [0.717, 1.165) is 16.9 Å². The number of benzene rings is 2. The number of nitrogens with zero attached hydrogens (tertiary/aromatic N) is 1. The predicted molar refractivity (Wildman–Crippen MR) is 113 cm³/mol. The van der Waals surface area contributed by atoms with E-state index in [4.69, 9.17) is 13.9 Å². The highest BCUT2D eigenvalue weighted by Crippen LogP contribution is 2.23. The van der Waals surface area contributed by atoms with Gasteiger partial charge < -0.3 is 29.2 Å². The first kappa shape index (κ1) is 21.4. The van der Waals surface area contributed by atoms with Crippen LogP contribution >= 0.6 is 0 Å². The average molecular weight is 410 g/mol. The van der Waals surface area contributed by atoms with Crippen molar-refractivity contribution in [2.24, 2.45) is 0 Å². The Morgan fingerprint density at radius 2 is 1.93 bits per heavy atom. The van der Waals surface area contributed by atoms with Crippen LogP contribution in [0.25, 0.3) is 0 Å². The molecule has 0 aliphatic carbocycles. The number of rotatable bonds is 9. The Balaban J connectivity index is 1.59. The van der Waals surface area contributed by atoms with Gasteiger partial charge in [-0.15, -0.1) is 0 Å². The Labute approximate surface area is 175 Å². The number of carbonyl (C=O) groups excluding carboxylic acids is 1. The first-order chi connectivity index (χ1) is 14.6. The van der Waals surface area contributed by atoms with E-state index < -0.39 is 6.04 Å². The van der Waals surface area contributed by atoms with Gasteiger partial charge in [0.05, 0.1) is 32.6 Å². The smallest absolute Gasteiger partial charge is 0.322 e. The lowest BCUT2D eigenvalue weighted by atomic mass is 10.1. The molecule has 7 heteroatoms. The quantitative estimate of drug-likeness (QED) is 0.552. The van der Waals surface area contributed by atoms with Gasteiger partial charge in [-0.2, -0.15) is 0 Å². The SMILES string of the molecule is COc1ccc([C@@H](CO)N(C)C(=O)Nc2cccc(COCc3ccco3)c2)cc1. The minimum absolute atomic E-state index is 0.198. The van der Waals surface area contributed by atoms with Gasteiger partial charge in [-0.3, -0.25) is 0 Å². The Bertz CT molecular complexity index is 925. The molecule has 0 bridgehead atoms. The van der Waals surface area contributed by atoms with Crippen LogP contribution in [0, 0.1) is 0 Å². The van der Waals surface area contributed by atoms with Crippen molar-refractivity contribution in [2.75, 3.05) is 26.1 Å². The molecule has 0 unspecified atom stereocenters. The van der Waals surface area contributed by atoms with Gasteiger partial charge in [0, 0.05) is 12.7 Å². The summed E-state index contributed by atoms with van der Waals surface area (Å²) in [6.45, 7) is 0.578. The maximum absolute atomic E-state index is 12.7. The van der Waals surface area contributed by atoms with Crippen molar-refractivity contribution in [1.82, 2.24) is 4.90 Å². The van der Waals surface area contributed by atoms with Crippen LogP contribution in [0.2, 0.25) is 0 Å². The monoisotopic (exact) mass is 410 g/mol. The molecule has 0 saturated carbocycles. The molecule has 0 saturated heterocycles. The molecule has 30 heavy (non-hydrogen) atoms. The average Bonchev–Trinajstić information content (AvgIpc) is 3.28. The van der Waals surface area contributed by atoms with E-state index in [1.165, 1.54) is 4.90 Å². The fourth-order valence-corrected chi connectivity index (χ4v) is 3.03. The molecule has 0 spiro atoms. The third-order valence-corrected chi connectivity index (χ3v) is 4.73. The Hall–Kier alpha value is -3.29. The summed E-state index contributed by atoms with van der Waals surface area (Å²) in [4.78, 5) is 14.2. The summed E-state index contributed by atoms with van der Waals surface area (Å²) < 4.78 is 16.0. The second kappa shape index (κ2) is 10.5. The van der Waals surface area contributed by atoms with Crippen molar-refractivity contribution in [3.05, 3.63) is 83.8 Å². The van der Waals surface area contributed by atoms with E-state index in [-0.39, 0.29) is 12.6 Å². The second-order valence-corrected chi connectivity index (χ2v) is 6.79. The lowest BCUT2D eigenvalue weighted by Gasteiger charge is -2.27. The van der Waals surface area contributed by atoms with Gasteiger partial charge in [0.25, 0.3) is 0 Å². The molecule has 3 aromatic rings. The highest BCUT2D eigenvalue weighted by Gasteiger charge is 2.21. The summed E-state index contributed by atoms with van der Waals surface area (Å²) in [6, 6.07) is 17.6. The van der Waals surface area contributed by atoms with Crippen LogP contribution in [-0.4, -0.2) is 36.8 Å². The molecule has 7 nitrogen and oxygen atoms in total. The van der Waals surface area contributed by atoms with E-state index in [2.05, 4.69) is 5.32 Å². The maximum atomic E-state index is 12.7. The first-order valence-electron chi connectivity index (χ1n) is 9.58. The van der Waals surface area contributed by atoms with Crippen molar-refractivity contribution in [3.8, 4) is 5.75 Å². The molecular weight excluding hydrogens is 384 g/mol. The number of carbonyl (C=O) groups is 1. The number of methoxy groups -OCH3 is 1. The molecular formula is C23H26N2O5. The Morgan fingerprint density at radius 1 is 1.13 bits per heavy atom. The van der Waals surface area contributed by atoms with Gasteiger partial charge in [0.2, 0.25) is 0 Å². The number of likely N-dealkylation sites (N-methyl/N-ethyl adjacent to an activating group) is 1. The molecule has 2 N–H and O–H groups in total. The van der Waals surface area contributed by atoms with Gasteiger partial charge in [-0.25, -0.2) is 4.79 Å². The number of aliphatic hydroxyl groups is 1. The fraction of sp³-hybridized carbons (Fsp3) is 0.261. The summed E-state index contributed by atoms with van der Waals surface area (Å²) in [5.41, 5.74) is 2.39. The minimum Gasteiger partial charge on any atom is -0.497 e. The molecule has 1 heterocycles. The number of ether oxygens (including phenoxy) is 2. The van der Waals surface area contributed by atoms with E-state index in [0.29, 0.717) is 24.7 Å². The number of hydrogen-bond donors (Lipinski definition) is 2. The number of aliphatic hydroxyl groups excluding tert-OH is 1. The predicted octanol–water partition coefficient (Wildman–Crippen LogP) is 4.20. The number of hydrogen-bond acceptors (Lipinski definition) is 5. The number of anilines is 1. The standard InChI is InChI=1S/C23H26N2O5/c1-25(22(14-26)18-8-10-20(28-2)11-9-18)23(27)24-19-6-3-5-17(13-19)15-29-16-21-7-4-12-30-21/h3-13,22,26H,14-16H2,1-2H3,(H,24,27)/t22-/m1/s1. The van der Waals surface area contributed by atoms with Crippen LogP contribution in [0.1, 0.15) is 22.9 Å². The minimum atomic E-state index is -0.476. The van der Waals surface area contributed by atoms with Crippen LogP contribution in [-0.2, 0) is 18.0 Å². The van der Waals surface area contributed by atoms with Crippen molar-refractivity contribution >= 4 is 11.7 Å². The number of amides is 2. The van der Waals surface area contributed by atoms with Gasteiger partial charge in [-0.05, 0) is 47.5 Å². The summed E-state index contributed by atoms with van der Waals surface area (Å²) in [5, 5.41) is 12.7. The summed E-state index contributed by atoms with van der Waals surface area (Å²) in [6.07, 6.45) is 1.61. The number of urea groups is 1. The van der Waals surface area contributed by atoms with Crippen molar-refractivity contribution in [3.63, 3.8) is 0 Å². The van der Waals surface area contributed by atoms with Crippen molar-refractivity contribution in [1.29, 1.82) is 0 Å². The topological polar surface area (TPSA) is 84.2 Å². The molecule has 0 fully saturated rings. The van der Waals surface area contributed by atoms with Crippen LogP contribution in [0.3, 0.4) is 0 Å². The third kappa shape index (κ3) is 5.62. The maximum Gasteiger partial charge on any atom is 0.322 e. The van der Waals surface area contributed by atoms with E-state index >= 15 is 0 Å². The number of furan rings is 1. The highest BCUT2D eigenvalue weighted by atomic mass is 16.5.